The predicted molar refractivity (Wildman–Crippen MR) is 82.7 cm³/mol. The number of benzene rings is 1. The average molecular weight is 302 g/mol. The van der Waals surface area contributed by atoms with Crippen LogP contribution in [-0.2, 0) is 9.84 Å². The van der Waals surface area contributed by atoms with E-state index in [9.17, 15) is 8.42 Å². The quantitative estimate of drug-likeness (QED) is 0.938. The van der Waals surface area contributed by atoms with Crippen molar-refractivity contribution in [1.82, 2.24) is 10.3 Å². The molecule has 110 valence electrons. The first-order chi connectivity index (χ1) is 10.1. The van der Waals surface area contributed by atoms with Gasteiger partial charge in [0.1, 0.15) is 0 Å². The Kier molecular flexibility index (Phi) is 4.03. The number of sulfone groups is 1. The first kappa shape index (κ1) is 14.2. The molecule has 0 saturated carbocycles. The van der Waals surface area contributed by atoms with Crippen LogP contribution >= 0.6 is 0 Å². The van der Waals surface area contributed by atoms with Gasteiger partial charge in [0, 0.05) is 18.4 Å². The van der Waals surface area contributed by atoms with Crippen LogP contribution in [0.1, 0.15) is 23.6 Å². The Morgan fingerprint density at radius 1 is 1.05 bits per heavy atom. The maximum atomic E-state index is 11.6. The fraction of sp³-hybridized carbons (Fsp3) is 0.312. The summed E-state index contributed by atoms with van der Waals surface area (Å²) in [6.07, 6.45) is 4.20. The fourth-order valence-corrected chi connectivity index (χ4v) is 4.43. The molecule has 0 spiro atoms. The van der Waals surface area contributed by atoms with E-state index in [1.165, 1.54) is 0 Å². The van der Waals surface area contributed by atoms with E-state index in [0.717, 1.165) is 11.1 Å². The summed E-state index contributed by atoms with van der Waals surface area (Å²) in [6, 6.07) is 14.0. The molecular formula is C16H18N2O2S. The lowest BCUT2D eigenvalue weighted by atomic mass is 9.98. The molecule has 1 aromatic heterocycles. The molecule has 2 heterocycles. The topological polar surface area (TPSA) is 59.1 Å². The van der Waals surface area contributed by atoms with Crippen LogP contribution in [0.2, 0.25) is 0 Å². The van der Waals surface area contributed by atoms with Gasteiger partial charge in [-0.25, -0.2) is 8.42 Å². The van der Waals surface area contributed by atoms with Crippen LogP contribution in [-0.4, -0.2) is 30.9 Å². The third-order valence-electron chi connectivity index (χ3n) is 3.81. The molecule has 1 N–H and O–H groups in total. The molecule has 1 aliphatic rings. The van der Waals surface area contributed by atoms with Crippen LogP contribution < -0.4 is 5.32 Å². The lowest BCUT2D eigenvalue weighted by Gasteiger charge is -2.23. The molecule has 2 atom stereocenters. The first-order valence-corrected chi connectivity index (χ1v) is 8.87. The molecule has 0 amide bonds. The van der Waals surface area contributed by atoms with Crippen molar-refractivity contribution < 1.29 is 8.42 Å². The van der Waals surface area contributed by atoms with Crippen molar-refractivity contribution in [3.05, 3.63) is 66.0 Å². The summed E-state index contributed by atoms with van der Waals surface area (Å²) in [5, 5.41) is 3.50. The van der Waals surface area contributed by atoms with E-state index in [4.69, 9.17) is 0 Å². The lowest BCUT2D eigenvalue weighted by molar-refractivity contribution is 0.504. The third-order valence-corrected chi connectivity index (χ3v) is 5.58. The molecule has 0 aliphatic carbocycles. The van der Waals surface area contributed by atoms with Crippen molar-refractivity contribution in [2.75, 3.05) is 11.5 Å². The second-order valence-electron chi connectivity index (χ2n) is 5.39. The summed E-state index contributed by atoms with van der Waals surface area (Å²) >= 11 is 0. The van der Waals surface area contributed by atoms with Gasteiger partial charge in [-0.1, -0.05) is 30.3 Å². The highest BCUT2D eigenvalue weighted by molar-refractivity contribution is 7.91. The Labute approximate surface area is 125 Å². The van der Waals surface area contributed by atoms with Crippen molar-refractivity contribution in [1.29, 1.82) is 0 Å². The summed E-state index contributed by atoms with van der Waals surface area (Å²) in [4.78, 5) is 4.05. The number of hydrogen-bond donors (Lipinski definition) is 1. The zero-order valence-corrected chi connectivity index (χ0v) is 12.5. The molecule has 5 heteroatoms. The maximum absolute atomic E-state index is 11.6. The van der Waals surface area contributed by atoms with Crippen LogP contribution in [0.15, 0.2) is 54.9 Å². The van der Waals surface area contributed by atoms with Gasteiger partial charge in [-0.3, -0.25) is 4.98 Å². The second kappa shape index (κ2) is 5.95. The van der Waals surface area contributed by atoms with E-state index in [1.54, 1.807) is 12.4 Å². The van der Waals surface area contributed by atoms with Gasteiger partial charge < -0.3 is 5.32 Å². The van der Waals surface area contributed by atoms with Crippen molar-refractivity contribution in [2.24, 2.45) is 0 Å². The van der Waals surface area contributed by atoms with Gasteiger partial charge in [0.25, 0.3) is 0 Å². The second-order valence-corrected chi connectivity index (χ2v) is 7.62. The number of nitrogens with one attached hydrogen (secondary N) is 1. The molecule has 0 radical (unpaired) electrons. The number of pyridine rings is 1. The van der Waals surface area contributed by atoms with Gasteiger partial charge in [0.05, 0.1) is 17.5 Å². The molecule has 1 aliphatic heterocycles. The highest BCUT2D eigenvalue weighted by Crippen LogP contribution is 2.24. The Morgan fingerprint density at radius 2 is 1.71 bits per heavy atom. The molecule has 4 nitrogen and oxygen atoms in total. The fourth-order valence-electron chi connectivity index (χ4n) is 2.75. The maximum Gasteiger partial charge on any atom is 0.151 e. The molecule has 0 bridgehead atoms. The minimum Gasteiger partial charge on any atom is -0.302 e. The van der Waals surface area contributed by atoms with E-state index in [1.807, 2.05) is 30.3 Å². The minimum absolute atomic E-state index is 0.00694. The van der Waals surface area contributed by atoms with Crippen LogP contribution in [0.25, 0.3) is 0 Å². The average Bonchev–Trinajstić information content (AvgIpc) is 2.86. The third kappa shape index (κ3) is 3.49. The summed E-state index contributed by atoms with van der Waals surface area (Å²) in [7, 11) is -2.88. The summed E-state index contributed by atoms with van der Waals surface area (Å²) in [5.74, 6) is 0.504. The number of hydrogen-bond acceptors (Lipinski definition) is 4. The normalized spacial score (nSPS) is 22.0. The van der Waals surface area contributed by atoms with Gasteiger partial charge >= 0.3 is 0 Å². The summed E-state index contributed by atoms with van der Waals surface area (Å²) < 4.78 is 23.3. The Balaban J connectivity index is 1.87. The molecule has 21 heavy (non-hydrogen) atoms. The predicted octanol–water partition coefficient (Wildman–Crippen LogP) is 1.95. The van der Waals surface area contributed by atoms with E-state index in [0.29, 0.717) is 6.42 Å². The zero-order valence-electron chi connectivity index (χ0n) is 11.6. The largest absolute Gasteiger partial charge is 0.302 e. The van der Waals surface area contributed by atoms with Crippen molar-refractivity contribution in [3.63, 3.8) is 0 Å². The Bertz CT molecular complexity index is 647. The summed E-state index contributed by atoms with van der Waals surface area (Å²) in [6.45, 7) is 0. The van der Waals surface area contributed by atoms with Gasteiger partial charge in [0.2, 0.25) is 0 Å². The molecule has 1 aromatic carbocycles. The molecule has 2 aromatic rings. The van der Waals surface area contributed by atoms with Crippen LogP contribution in [0.5, 0.6) is 0 Å². The van der Waals surface area contributed by atoms with Gasteiger partial charge in [-0.15, -0.1) is 0 Å². The zero-order chi connectivity index (χ0) is 14.7. The number of rotatable bonds is 4. The van der Waals surface area contributed by atoms with E-state index >= 15 is 0 Å². The number of aromatic nitrogens is 1. The Morgan fingerprint density at radius 3 is 2.33 bits per heavy atom. The van der Waals surface area contributed by atoms with Crippen molar-refractivity contribution in [2.45, 2.75) is 18.5 Å². The highest BCUT2D eigenvalue weighted by Gasteiger charge is 2.30. The van der Waals surface area contributed by atoms with E-state index in [2.05, 4.69) is 22.4 Å². The SMILES string of the molecule is O=S1(=O)CCC(NC(c2ccccc2)c2ccncc2)C1. The van der Waals surface area contributed by atoms with E-state index in [-0.39, 0.29) is 23.6 Å². The molecule has 1 saturated heterocycles. The monoisotopic (exact) mass is 302 g/mol. The first-order valence-electron chi connectivity index (χ1n) is 7.05. The van der Waals surface area contributed by atoms with Crippen LogP contribution in [0.3, 0.4) is 0 Å². The van der Waals surface area contributed by atoms with Crippen LogP contribution in [0, 0.1) is 0 Å². The standard InChI is InChI=1S/C16H18N2O2S/c19-21(20)11-8-15(12-21)18-16(13-4-2-1-3-5-13)14-6-9-17-10-7-14/h1-7,9-10,15-16,18H,8,11-12H2. The molecule has 3 rings (SSSR count). The van der Waals surface area contributed by atoms with Crippen LogP contribution in [0.4, 0.5) is 0 Å². The molecule has 1 fully saturated rings. The molecular weight excluding hydrogens is 284 g/mol. The van der Waals surface area contributed by atoms with Crippen molar-refractivity contribution in [3.8, 4) is 0 Å². The van der Waals surface area contributed by atoms with Crippen molar-refractivity contribution >= 4 is 9.84 Å². The lowest BCUT2D eigenvalue weighted by Crippen LogP contribution is -2.34. The van der Waals surface area contributed by atoms with E-state index < -0.39 is 9.84 Å². The van der Waals surface area contributed by atoms with Gasteiger partial charge in [-0.05, 0) is 29.7 Å². The minimum atomic E-state index is -2.88. The highest BCUT2D eigenvalue weighted by atomic mass is 32.2. The van der Waals surface area contributed by atoms with Gasteiger partial charge in [-0.2, -0.15) is 0 Å². The Hall–Kier alpha value is -1.72. The van der Waals surface area contributed by atoms with Gasteiger partial charge in [0.15, 0.2) is 9.84 Å². The number of nitrogens with zero attached hydrogens (tertiary/aromatic N) is 1. The smallest absolute Gasteiger partial charge is 0.151 e. The summed E-state index contributed by atoms with van der Waals surface area (Å²) in [5.41, 5.74) is 2.23. The molecule has 2 unspecified atom stereocenters.